The fourth-order valence-electron chi connectivity index (χ4n) is 20.2. The number of allylic oxidation sites excluding steroid dienone is 1. The summed E-state index contributed by atoms with van der Waals surface area (Å²) in [6.45, 7) is 157. The third-order valence-electron chi connectivity index (χ3n) is 28.8. The molecule has 134 heavy (non-hydrogen) atoms. The summed E-state index contributed by atoms with van der Waals surface area (Å²) in [5, 5.41) is 0. The molecule has 0 aromatic heterocycles. The van der Waals surface area contributed by atoms with Crippen molar-refractivity contribution in [2.24, 2.45) is 185 Å². The van der Waals surface area contributed by atoms with Crippen LogP contribution in [0, 0.1) is 185 Å². The molecule has 0 bridgehead atoms. The van der Waals surface area contributed by atoms with Crippen molar-refractivity contribution in [1.29, 1.82) is 0 Å². The summed E-state index contributed by atoms with van der Waals surface area (Å²) in [7, 11) is 0. The van der Waals surface area contributed by atoms with Gasteiger partial charge in [-0.3, -0.25) is 0 Å². The smallest absolute Gasteiger partial charge is 0.0256 e. The highest BCUT2D eigenvalue weighted by Gasteiger charge is 2.45. The summed E-state index contributed by atoms with van der Waals surface area (Å²) in [6.07, 6.45) is 32.2. The molecule has 3 aliphatic carbocycles. The lowest BCUT2D eigenvalue weighted by atomic mass is 9.57. The van der Waals surface area contributed by atoms with E-state index in [9.17, 15) is 0 Å². The van der Waals surface area contributed by atoms with Crippen LogP contribution < -0.4 is 0 Å². The molecule has 0 heterocycles. The minimum absolute atomic E-state index is 0. The molecule has 0 N–H and O–H groups in total. The summed E-state index contributed by atoms with van der Waals surface area (Å²) < 4.78 is 0. The third-order valence-corrected chi connectivity index (χ3v) is 29.1. The molecule has 3 saturated carbocycles. The zero-order valence-corrected chi connectivity index (χ0v) is 101. The van der Waals surface area contributed by atoms with Crippen molar-refractivity contribution in [2.75, 3.05) is 5.88 Å². The van der Waals surface area contributed by atoms with Gasteiger partial charge in [-0.2, -0.15) is 0 Å². The zero-order chi connectivity index (χ0) is 101. The number of alkyl halides is 1. The highest BCUT2D eigenvalue weighted by Crippen LogP contribution is 2.54. The monoisotopic (exact) mass is 1930 g/mol. The first-order chi connectivity index (χ1) is 53.8. The van der Waals surface area contributed by atoms with Gasteiger partial charge in [0.2, 0.25) is 0 Å². The van der Waals surface area contributed by atoms with Crippen LogP contribution in [0.3, 0.4) is 0 Å². The van der Waals surface area contributed by atoms with Crippen molar-refractivity contribution >= 4 is 11.6 Å². The SMILES string of the molecule is C.C.C.C.C.C.C.C.C.C.C=CC1CCC(C(C)(C)C)C(C(C)(C)C)C1.CC(C)(C)C1CCCC1C(C)(C)C.CC(C)(C)C1CCCCC1C(C)(C)C.CC(C)(C)CC(CCl)C(C)(C)C.CC(C)(C)CCC(C)(C)C.CC(CC(C)(C)C)C(C)(C)C.CCC(CC(C)(C)C)C(C)(C)C.CCC(CC(C)(C)C)C(C)(C)C.CCC(CC(C)(C)C)C(C)(C)C.CCC(CC(C)(C)C)C(C)(C)C. The van der Waals surface area contributed by atoms with E-state index in [1.54, 1.807) is 0 Å². The zero-order valence-electron chi connectivity index (χ0n) is 100. The fraction of sp³-hybridized carbons (Fsp3) is 0.985. The Morgan fingerprint density at radius 3 is 0.507 bits per heavy atom. The van der Waals surface area contributed by atoms with Crippen LogP contribution in [0.5, 0.6) is 0 Å². The molecule has 0 aromatic rings. The van der Waals surface area contributed by atoms with Crippen LogP contribution in [0.2, 0.25) is 0 Å². The molecule has 0 amide bonds. The van der Waals surface area contributed by atoms with E-state index >= 15 is 0 Å². The molecule has 1 heteroatoms. The molecule has 3 aliphatic rings. The van der Waals surface area contributed by atoms with Gasteiger partial charge in [-0.05, 0) is 282 Å². The highest BCUT2D eigenvalue weighted by atomic mass is 35.5. The molecule has 13 unspecified atom stereocenters. The Kier molecular flexibility index (Phi) is 89.5. The predicted octanol–water partition coefficient (Wildman–Crippen LogP) is 51.3. The van der Waals surface area contributed by atoms with Crippen LogP contribution in [0.4, 0.5) is 0 Å². The standard InChI is InChI=1S/C16H30.C14H28.C13H26.4C12H26.C11H23Cl.C11H24.C10H22.10CH4/c1-8-12-9-10-13(15(2,3)4)14(11-12)16(5,6)7;1-13(2,3)11-9-7-8-10-12(11)14(4,5)6;1-12(2,3)10-8-7-9-11(10)13(4,5)6;4*1-8-10(12(5,6)7)9-11(2,3)4;1-10(2,3)7-9(8-12)11(4,5)6;1-9(11(5,6)7)8-10(2,3)4;1-9(2,3)7-8-10(4,5)6;;;;;;;;;;/h8,12-14H,1,9-11H2,2-7H3;11-12H,7-10H2,1-6H3;10-11H,7-9H2,1-6H3;4*10H,8-9H2,1-7H3;9H,7-8H2,1-6H3;9H,8H2,1-7H3;7-8H2,1-6H3;10*1H4. The first kappa shape index (κ1) is 173. The predicted molar refractivity (Wildman–Crippen MR) is 653 cm³/mol. The van der Waals surface area contributed by atoms with Gasteiger partial charge in [0.15, 0.2) is 0 Å². The maximum absolute atomic E-state index is 5.96. The first-order valence-electron chi connectivity index (χ1n) is 53.0. The summed E-state index contributed by atoms with van der Waals surface area (Å²) in [5.41, 5.74) is 9.41. The molecular weight excluding hydrogens is 1630 g/mol. The molecule has 3 rings (SSSR count). The van der Waals surface area contributed by atoms with Crippen LogP contribution in [0.25, 0.3) is 0 Å². The van der Waals surface area contributed by atoms with Crippen molar-refractivity contribution < 1.29 is 0 Å². The fourth-order valence-corrected chi connectivity index (χ4v) is 20.7. The van der Waals surface area contributed by atoms with Gasteiger partial charge in [0.1, 0.15) is 0 Å². The van der Waals surface area contributed by atoms with E-state index in [0.717, 1.165) is 76.9 Å². The van der Waals surface area contributed by atoms with Gasteiger partial charge in [0.05, 0.1) is 0 Å². The van der Waals surface area contributed by atoms with E-state index in [2.05, 4.69) is 463 Å². The number of rotatable bonds is 13. The topological polar surface area (TPSA) is 0 Å². The first-order valence-corrected chi connectivity index (χ1v) is 53.5. The molecule has 13 atom stereocenters. The van der Waals surface area contributed by atoms with Gasteiger partial charge in [0.25, 0.3) is 0 Å². The van der Waals surface area contributed by atoms with E-state index in [1.165, 1.54) is 141 Å². The molecule has 0 aromatic carbocycles. The second-order valence-corrected chi connectivity index (χ2v) is 64.7. The van der Waals surface area contributed by atoms with Crippen LogP contribution in [-0.2, 0) is 0 Å². The van der Waals surface area contributed by atoms with Crippen molar-refractivity contribution in [3.05, 3.63) is 12.7 Å². The van der Waals surface area contributed by atoms with Crippen molar-refractivity contribution in [2.45, 2.75) is 666 Å². The van der Waals surface area contributed by atoms with Crippen LogP contribution >= 0.6 is 11.6 Å². The summed E-state index contributed by atoms with van der Waals surface area (Å²) in [5.74, 6) is 11.8. The van der Waals surface area contributed by atoms with E-state index < -0.39 is 0 Å². The van der Waals surface area contributed by atoms with Gasteiger partial charge in [0, 0.05) is 5.88 Å². The Bertz CT molecular complexity index is 2350. The van der Waals surface area contributed by atoms with Gasteiger partial charge >= 0.3 is 0 Å². The Morgan fingerprint density at radius 2 is 0.396 bits per heavy atom. The molecule has 0 aliphatic heterocycles. The lowest BCUT2D eigenvalue weighted by Crippen LogP contribution is -2.40. The third kappa shape index (κ3) is 94.3. The second kappa shape index (κ2) is 69.2. The molecular formula is C133H297Cl. The summed E-state index contributed by atoms with van der Waals surface area (Å²) in [6, 6.07) is 0. The minimum Gasteiger partial charge on any atom is -0.126 e. The Labute approximate surface area is 875 Å². The van der Waals surface area contributed by atoms with Crippen molar-refractivity contribution in [3.8, 4) is 0 Å². The molecule has 0 radical (unpaired) electrons. The van der Waals surface area contributed by atoms with Gasteiger partial charge in [-0.15, -0.1) is 18.2 Å². The van der Waals surface area contributed by atoms with Gasteiger partial charge in [-0.1, -0.05) is 575 Å². The molecule has 0 spiro atoms. The largest absolute Gasteiger partial charge is 0.126 e. The Balaban J connectivity index is -0.0000000752. The quantitative estimate of drug-likeness (QED) is 0.127. The van der Waals surface area contributed by atoms with E-state index in [4.69, 9.17) is 11.6 Å². The second-order valence-electron chi connectivity index (χ2n) is 64.4. The summed E-state index contributed by atoms with van der Waals surface area (Å²) in [4.78, 5) is 0. The van der Waals surface area contributed by atoms with E-state index in [1.807, 2.05) is 0 Å². The van der Waals surface area contributed by atoms with Crippen LogP contribution in [-0.4, -0.2) is 5.88 Å². The maximum atomic E-state index is 5.96. The minimum atomic E-state index is 0. The van der Waals surface area contributed by atoms with E-state index in [0.29, 0.717) is 114 Å². The molecule has 836 valence electrons. The molecule has 0 saturated heterocycles. The Morgan fingerprint density at radius 1 is 0.224 bits per heavy atom. The van der Waals surface area contributed by atoms with Crippen molar-refractivity contribution in [3.63, 3.8) is 0 Å². The van der Waals surface area contributed by atoms with Gasteiger partial charge in [-0.25, -0.2) is 0 Å². The molecule has 0 nitrogen and oxygen atoms in total. The number of hydrogen-bond acceptors (Lipinski definition) is 0. The lowest BCUT2D eigenvalue weighted by molar-refractivity contribution is 0.0202. The lowest BCUT2D eigenvalue weighted by Gasteiger charge is -2.48. The number of hydrogen-bond donors (Lipinski definition) is 0. The normalized spacial score (nSPS) is 19.7. The average molecular weight is 1930 g/mol. The summed E-state index contributed by atoms with van der Waals surface area (Å²) >= 11 is 5.96. The van der Waals surface area contributed by atoms with Crippen LogP contribution in [0.15, 0.2) is 12.7 Å². The van der Waals surface area contributed by atoms with Crippen molar-refractivity contribution in [1.82, 2.24) is 0 Å². The highest BCUT2D eigenvalue weighted by molar-refractivity contribution is 6.18. The van der Waals surface area contributed by atoms with Crippen LogP contribution in [0.1, 0.15) is 666 Å². The molecule has 3 fully saturated rings. The van der Waals surface area contributed by atoms with Gasteiger partial charge < -0.3 is 0 Å². The average Bonchev–Trinajstić information content (AvgIpc) is 1.25. The Hall–Kier alpha value is 0.0300. The number of halogens is 1. The van der Waals surface area contributed by atoms with E-state index in [-0.39, 0.29) is 74.3 Å². The maximum Gasteiger partial charge on any atom is 0.0256 e.